The first-order valence-electron chi connectivity index (χ1n) is 11.1. The summed E-state index contributed by atoms with van der Waals surface area (Å²) in [6.07, 6.45) is 4.38. The highest BCUT2D eigenvalue weighted by Gasteiger charge is 2.32. The Morgan fingerprint density at radius 3 is 2.57 bits per heavy atom. The second-order valence-electron chi connectivity index (χ2n) is 8.80. The summed E-state index contributed by atoms with van der Waals surface area (Å²) >= 11 is 0. The van der Waals surface area contributed by atoms with Crippen LogP contribution in [0.1, 0.15) is 45.6 Å². The van der Waals surface area contributed by atoms with E-state index in [2.05, 4.69) is 72.2 Å². The SMILES string of the molecule is CCC(C)C(NCC1CNNC1C)C(=O)N1CCC(Cc2ccccc2)CC1. The molecule has 0 bridgehead atoms. The number of carbonyl (C=O) groups excluding carboxylic acids is 1. The molecule has 156 valence electrons. The van der Waals surface area contributed by atoms with Crippen molar-refractivity contribution in [1.82, 2.24) is 21.1 Å². The monoisotopic (exact) mass is 386 g/mol. The fraction of sp³-hybridized carbons (Fsp3) is 0.696. The smallest absolute Gasteiger partial charge is 0.239 e. The van der Waals surface area contributed by atoms with Crippen molar-refractivity contribution in [2.24, 2.45) is 17.8 Å². The van der Waals surface area contributed by atoms with Crippen LogP contribution in [0.3, 0.4) is 0 Å². The van der Waals surface area contributed by atoms with Gasteiger partial charge in [-0.25, -0.2) is 0 Å². The molecule has 4 unspecified atom stereocenters. The fourth-order valence-corrected chi connectivity index (χ4v) is 4.44. The van der Waals surface area contributed by atoms with Gasteiger partial charge in [-0.3, -0.25) is 15.6 Å². The predicted octanol–water partition coefficient (Wildman–Crippen LogP) is 2.58. The normalized spacial score (nSPS) is 25.6. The second kappa shape index (κ2) is 10.4. The van der Waals surface area contributed by atoms with E-state index >= 15 is 0 Å². The highest BCUT2D eigenvalue weighted by Crippen LogP contribution is 2.23. The highest BCUT2D eigenvalue weighted by molar-refractivity contribution is 5.82. The van der Waals surface area contributed by atoms with Crippen LogP contribution in [0.4, 0.5) is 0 Å². The van der Waals surface area contributed by atoms with Crippen molar-refractivity contribution < 1.29 is 4.79 Å². The lowest BCUT2D eigenvalue weighted by molar-refractivity contribution is -0.136. The van der Waals surface area contributed by atoms with Crippen molar-refractivity contribution >= 4 is 5.91 Å². The summed E-state index contributed by atoms with van der Waals surface area (Å²) in [6.45, 7) is 10.2. The number of hydrazine groups is 1. The van der Waals surface area contributed by atoms with Crippen LogP contribution < -0.4 is 16.2 Å². The molecule has 28 heavy (non-hydrogen) atoms. The summed E-state index contributed by atoms with van der Waals surface area (Å²) < 4.78 is 0. The molecule has 0 saturated carbocycles. The number of rotatable bonds is 8. The number of nitrogens with zero attached hydrogens (tertiary/aromatic N) is 1. The minimum absolute atomic E-state index is 0.0662. The predicted molar refractivity (Wildman–Crippen MR) is 115 cm³/mol. The Bertz CT molecular complexity index is 600. The number of likely N-dealkylation sites (tertiary alicyclic amines) is 1. The lowest BCUT2D eigenvalue weighted by Crippen LogP contribution is -2.53. The molecule has 2 heterocycles. The number of nitrogens with one attached hydrogen (secondary N) is 3. The molecule has 2 aliphatic rings. The molecular weight excluding hydrogens is 348 g/mol. The quantitative estimate of drug-likeness (QED) is 0.643. The highest BCUT2D eigenvalue weighted by atomic mass is 16.2. The molecule has 0 aromatic heterocycles. The van der Waals surface area contributed by atoms with Gasteiger partial charge in [-0.15, -0.1) is 0 Å². The van der Waals surface area contributed by atoms with E-state index < -0.39 is 0 Å². The van der Waals surface area contributed by atoms with Gasteiger partial charge in [0.1, 0.15) is 0 Å². The second-order valence-corrected chi connectivity index (χ2v) is 8.80. The van der Waals surface area contributed by atoms with Crippen LogP contribution in [-0.2, 0) is 11.2 Å². The van der Waals surface area contributed by atoms with Gasteiger partial charge in [0.05, 0.1) is 6.04 Å². The number of carbonyl (C=O) groups is 1. The van der Waals surface area contributed by atoms with E-state index in [-0.39, 0.29) is 6.04 Å². The van der Waals surface area contributed by atoms with E-state index in [1.54, 1.807) is 0 Å². The van der Waals surface area contributed by atoms with Gasteiger partial charge in [-0.05, 0) is 43.6 Å². The molecule has 2 aliphatic heterocycles. The van der Waals surface area contributed by atoms with Crippen LogP contribution in [0.5, 0.6) is 0 Å². The summed E-state index contributed by atoms with van der Waals surface area (Å²) in [4.78, 5) is 15.4. The lowest BCUT2D eigenvalue weighted by atomic mass is 9.89. The van der Waals surface area contributed by atoms with Gasteiger partial charge in [-0.1, -0.05) is 50.6 Å². The van der Waals surface area contributed by atoms with E-state index in [9.17, 15) is 4.79 Å². The van der Waals surface area contributed by atoms with Crippen LogP contribution in [0, 0.1) is 17.8 Å². The molecule has 5 nitrogen and oxygen atoms in total. The largest absolute Gasteiger partial charge is 0.341 e. The Morgan fingerprint density at radius 1 is 1.25 bits per heavy atom. The van der Waals surface area contributed by atoms with Crippen molar-refractivity contribution in [3.05, 3.63) is 35.9 Å². The molecule has 1 aromatic carbocycles. The van der Waals surface area contributed by atoms with Crippen LogP contribution in [0.15, 0.2) is 30.3 Å². The van der Waals surface area contributed by atoms with Crippen LogP contribution >= 0.6 is 0 Å². The molecular formula is C23H38N4O. The Kier molecular flexibility index (Phi) is 7.89. The first-order chi connectivity index (χ1) is 13.6. The molecule has 1 aromatic rings. The van der Waals surface area contributed by atoms with Crippen molar-refractivity contribution in [1.29, 1.82) is 0 Å². The molecule has 3 N–H and O–H groups in total. The minimum Gasteiger partial charge on any atom is -0.341 e. The maximum Gasteiger partial charge on any atom is 0.239 e. The minimum atomic E-state index is -0.0662. The zero-order valence-electron chi connectivity index (χ0n) is 17.8. The Morgan fingerprint density at radius 2 is 1.96 bits per heavy atom. The molecule has 4 atom stereocenters. The molecule has 0 spiro atoms. The van der Waals surface area contributed by atoms with Gasteiger partial charge in [0.25, 0.3) is 0 Å². The summed E-state index contributed by atoms with van der Waals surface area (Å²) in [5.74, 6) is 1.88. The van der Waals surface area contributed by atoms with Crippen molar-refractivity contribution in [2.45, 2.75) is 58.5 Å². The van der Waals surface area contributed by atoms with Crippen LogP contribution in [-0.4, -0.2) is 49.1 Å². The van der Waals surface area contributed by atoms with E-state index in [1.807, 2.05) is 0 Å². The number of piperidine rings is 1. The number of hydrogen-bond acceptors (Lipinski definition) is 4. The number of hydrogen-bond donors (Lipinski definition) is 3. The van der Waals surface area contributed by atoms with E-state index in [1.165, 1.54) is 5.56 Å². The lowest BCUT2D eigenvalue weighted by Gasteiger charge is -2.36. The zero-order chi connectivity index (χ0) is 19.9. The van der Waals surface area contributed by atoms with Crippen molar-refractivity contribution in [2.75, 3.05) is 26.2 Å². The van der Waals surface area contributed by atoms with E-state index in [4.69, 9.17) is 0 Å². The fourth-order valence-electron chi connectivity index (χ4n) is 4.44. The molecule has 1 amide bonds. The van der Waals surface area contributed by atoms with Crippen LogP contribution in [0.25, 0.3) is 0 Å². The summed E-state index contributed by atoms with van der Waals surface area (Å²) in [5.41, 5.74) is 7.91. The maximum absolute atomic E-state index is 13.3. The van der Waals surface area contributed by atoms with Gasteiger partial charge >= 0.3 is 0 Å². The average Bonchev–Trinajstić information content (AvgIpc) is 3.14. The molecule has 2 saturated heterocycles. The summed E-state index contributed by atoms with van der Waals surface area (Å²) in [6, 6.07) is 11.1. The van der Waals surface area contributed by atoms with Crippen molar-refractivity contribution in [3.63, 3.8) is 0 Å². The molecule has 3 rings (SSSR count). The third-order valence-corrected chi connectivity index (χ3v) is 6.77. The average molecular weight is 387 g/mol. The summed E-state index contributed by atoms with van der Waals surface area (Å²) in [5, 5.41) is 3.62. The first-order valence-corrected chi connectivity index (χ1v) is 11.1. The third-order valence-electron chi connectivity index (χ3n) is 6.77. The number of benzene rings is 1. The molecule has 0 aliphatic carbocycles. The van der Waals surface area contributed by atoms with Gasteiger partial charge in [0.2, 0.25) is 5.91 Å². The van der Waals surface area contributed by atoms with Crippen molar-refractivity contribution in [3.8, 4) is 0 Å². The topological polar surface area (TPSA) is 56.4 Å². The first kappa shape index (κ1) is 21.3. The van der Waals surface area contributed by atoms with Gasteiger partial charge in [0.15, 0.2) is 0 Å². The van der Waals surface area contributed by atoms with Gasteiger partial charge in [-0.2, -0.15) is 0 Å². The molecule has 2 fully saturated rings. The maximum atomic E-state index is 13.3. The Labute approximate surface area is 170 Å². The van der Waals surface area contributed by atoms with E-state index in [0.717, 1.165) is 51.9 Å². The number of amides is 1. The van der Waals surface area contributed by atoms with E-state index in [0.29, 0.717) is 29.7 Å². The van der Waals surface area contributed by atoms with Crippen LogP contribution in [0.2, 0.25) is 0 Å². The molecule has 0 radical (unpaired) electrons. The third kappa shape index (κ3) is 5.56. The standard InChI is InChI=1S/C23H38N4O/c1-4-17(2)22(24-15-21-16-25-26-18(21)3)23(28)27-12-10-20(11-13-27)14-19-8-6-5-7-9-19/h5-9,17-18,20-22,24-26H,4,10-16H2,1-3H3. The molecule has 5 heteroatoms. The van der Waals surface area contributed by atoms with Gasteiger partial charge in [0, 0.05) is 38.1 Å². The summed E-state index contributed by atoms with van der Waals surface area (Å²) in [7, 11) is 0. The Hall–Kier alpha value is -1.43. The Balaban J connectivity index is 1.51. The van der Waals surface area contributed by atoms with Gasteiger partial charge < -0.3 is 10.2 Å². The zero-order valence-corrected chi connectivity index (χ0v) is 17.8.